The monoisotopic (exact) mass is 251 g/mol. The molecule has 1 heterocycles. The molecule has 0 aliphatic heterocycles. The second kappa shape index (κ2) is 5.85. The summed E-state index contributed by atoms with van der Waals surface area (Å²) in [6.07, 6.45) is 3.78. The lowest BCUT2D eigenvalue weighted by Gasteiger charge is -2.13. The Morgan fingerprint density at radius 3 is 2.78 bits per heavy atom. The first-order chi connectivity index (χ1) is 8.63. The van der Waals surface area contributed by atoms with Gasteiger partial charge < -0.3 is 10.1 Å². The molecular weight excluding hydrogens is 226 g/mol. The van der Waals surface area contributed by atoms with E-state index < -0.39 is 0 Å². The Bertz CT molecular complexity index is 396. The van der Waals surface area contributed by atoms with Crippen LogP contribution in [-0.2, 0) is 11.2 Å². The predicted octanol–water partition coefficient (Wildman–Crippen LogP) is 2.00. The average Bonchev–Trinajstić information content (AvgIpc) is 3.10. The number of methoxy groups -OCH3 is 1. The fraction of sp³-hybridized carbons (Fsp3) is 0.786. The van der Waals surface area contributed by atoms with Crippen molar-refractivity contribution in [3.63, 3.8) is 0 Å². The van der Waals surface area contributed by atoms with Crippen molar-refractivity contribution in [2.75, 3.05) is 20.3 Å². The molecule has 0 spiro atoms. The molecule has 0 amide bonds. The van der Waals surface area contributed by atoms with E-state index in [0.29, 0.717) is 12.6 Å². The summed E-state index contributed by atoms with van der Waals surface area (Å²) in [5.74, 6) is 0. The molecule has 1 unspecified atom stereocenters. The highest BCUT2D eigenvalue weighted by Gasteiger charge is 2.21. The third-order valence-electron chi connectivity index (χ3n) is 3.69. The van der Waals surface area contributed by atoms with E-state index in [4.69, 9.17) is 4.74 Å². The van der Waals surface area contributed by atoms with Crippen molar-refractivity contribution in [3.8, 4) is 0 Å². The van der Waals surface area contributed by atoms with Crippen LogP contribution in [0, 0.1) is 13.8 Å². The Morgan fingerprint density at radius 1 is 1.44 bits per heavy atom. The summed E-state index contributed by atoms with van der Waals surface area (Å²) in [5, 5.41) is 8.21. The maximum absolute atomic E-state index is 5.21. The van der Waals surface area contributed by atoms with Gasteiger partial charge >= 0.3 is 0 Å². The summed E-state index contributed by atoms with van der Waals surface area (Å²) in [6.45, 7) is 8.20. The number of hydrogen-bond acceptors (Lipinski definition) is 3. The number of ether oxygens (including phenoxy) is 1. The van der Waals surface area contributed by atoms with Gasteiger partial charge in [0.15, 0.2) is 0 Å². The van der Waals surface area contributed by atoms with E-state index in [2.05, 4.69) is 35.9 Å². The van der Waals surface area contributed by atoms with Crippen LogP contribution >= 0.6 is 0 Å². The summed E-state index contributed by atoms with van der Waals surface area (Å²) in [7, 11) is 1.74. The molecule has 0 saturated heterocycles. The van der Waals surface area contributed by atoms with Crippen LogP contribution in [0.5, 0.6) is 0 Å². The molecule has 4 heteroatoms. The third-order valence-corrected chi connectivity index (χ3v) is 3.69. The zero-order valence-corrected chi connectivity index (χ0v) is 12.0. The lowest BCUT2D eigenvalue weighted by molar-refractivity contribution is 0.156. The van der Waals surface area contributed by atoms with Gasteiger partial charge in [-0.2, -0.15) is 5.10 Å². The maximum atomic E-state index is 5.21. The van der Waals surface area contributed by atoms with Crippen LogP contribution in [0.2, 0.25) is 0 Å². The standard InChI is InChI=1S/C14H25N3O/c1-10(9-18-4)17-12(3)14(11(2)16-17)7-8-15-13-5-6-13/h10,13,15H,5-9H2,1-4H3. The summed E-state index contributed by atoms with van der Waals surface area (Å²) < 4.78 is 7.31. The molecule has 1 aromatic heterocycles. The van der Waals surface area contributed by atoms with Crippen LogP contribution in [0.4, 0.5) is 0 Å². The van der Waals surface area contributed by atoms with E-state index in [1.165, 1.54) is 24.1 Å². The van der Waals surface area contributed by atoms with E-state index in [9.17, 15) is 0 Å². The molecule has 1 aliphatic rings. The third kappa shape index (κ3) is 3.12. The highest BCUT2D eigenvalue weighted by atomic mass is 16.5. The van der Waals surface area contributed by atoms with Crippen molar-refractivity contribution in [2.24, 2.45) is 0 Å². The van der Waals surface area contributed by atoms with Crippen molar-refractivity contribution in [1.29, 1.82) is 0 Å². The zero-order valence-electron chi connectivity index (χ0n) is 12.0. The Hall–Kier alpha value is -0.870. The second-order valence-electron chi connectivity index (χ2n) is 5.38. The minimum Gasteiger partial charge on any atom is -0.382 e. The summed E-state index contributed by atoms with van der Waals surface area (Å²) in [4.78, 5) is 0. The predicted molar refractivity (Wildman–Crippen MR) is 73.0 cm³/mol. The lowest BCUT2D eigenvalue weighted by Crippen LogP contribution is -2.20. The normalized spacial score (nSPS) is 17.1. The fourth-order valence-electron chi connectivity index (χ4n) is 2.49. The first-order valence-electron chi connectivity index (χ1n) is 6.90. The highest BCUT2D eigenvalue weighted by molar-refractivity contribution is 5.25. The van der Waals surface area contributed by atoms with Crippen molar-refractivity contribution in [2.45, 2.75) is 52.1 Å². The molecule has 0 bridgehead atoms. The molecule has 2 rings (SSSR count). The number of aromatic nitrogens is 2. The van der Waals surface area contributed by atoms with Gasteiger partial charge in [0.25, 0.3) is 0 Å². The zero-order chi connectivity index (χ0) is 13.1. The summed E-state index contributed by atoms with van der Waals surface area (Å²) in [6, 6.07) is 1.09. The van der Waals surface area contributed by atoms with E-state index >= 15 is 0 Å². The molecule has 1 aliphatic carbocycles. The SMILES string of the molecule is COCC(C)n1nc(C)c(CCNC2CC2)c1C. The van der Waals surface area contributed by atoms with Gasteiger partial charge in [0.05, 0.1) is 18.3 Å². The van der Waals surface area contributed by atoms with Crippen LogP contribution in [-0.4, -0.2) is 36.1 Å². The topological polar surface area (TPSA) is 39.1 Å². The van der Waals surface area contributed by atoms with Gasteiger partial charge in [0.2, 0.25) is 0 Å². The smallest absolute Gasteiger partial charge is 0.0727 e. The van der Waals surface area contributed by atoms with Crippen molar-refractivity contribution < 1.29 is 4.74 Å². The number of rotatable bonds is 7. The molecule has 18 heavy (non-hydrogen) atoms. The highest BCUT2D eigenvalue weighted by Crippen LogP contribution is 2.20. The van der Waals surface area contributed by atoms with Gasteiger partial charge in [0.1, 0.15) is 0 Å². The van der Waals surface area contributed by atoms with Crippen molar-refractivity contribution in [1.82, 2.24) is 15.1 Å². The molecule has 1 fully saturated rings. The number of hydrogen-bond donors (Lipinski definition) is 1. The molecule has 102 valence electrons. The molecule has 1 saturated carbocycles. The number of nitrogens with zero attached hydrogens (tertiary/aromatic N) is 2. The van der Waals surface area contributed by atoms with Crippen LogP contribution in [0.15, 0.2) is 0 Å². The minimum absolute atomic E-state index is 0.304. The largest absolute Gasteiger partial charge is 0.382 e. The summed E-state index contributed by atoms with van der Waals surface area (Å²) in [5.41, 5.74) is 3.84. The molecule has 0 aromatic carbocycles. The van der Waals surface area contributed by atoms with Gasteiger partial charge in [0, 0.05) is 18.8 Å². The Balaban J connectivity index is 1.99. The first kappa shape index (κ1) is 13.6. The molecule has 1 N–H and O–H groups in total. The van der Waals surface area contributed by atoms with Gasteiger partial charge in [-0.25, -0.2) is 0 Å². The number of nitrogens with one attached hydrogen (secondary N) is 1. The number of aryl methyl sites for hydroxylation is 1. The van der Waals surface area contributed by atoms with E-state index in [1.807, 2.05) is 0 Å². The van der Waals surface area contributed by atoms with Gasteiger partial charge in [-0.15, -0.1) is 0 Å². The van der Waals surface area contributed by atoms with Crippen molar-refractivity contribution >= 4 is 0 Å². The maximum Gasteiger partial charge on any atom is 0.0727 e. The average molecular weight is 251 g/mol. The lowest BCUT2D eigenvalue weighted by atomic mass is 10.1. The molecule has 0 radical (unpaired) electrons. The molecule has 1 atom stereocenters. The second-order valence-corrected chi connectivity index (χ2v) is 5.38. The Morgan fingerprint density at radius 2 is 2.17 bits per heavy atom. The van der Waals surface area contributed by atoms with E-state index in [0.717, 1.165) is 24.7 Å². The molecular formula is C14H25N3O. The quantitative estimate of drug-likeness (QED) is 0.805. The molecule has 4 nitrogen and oxygen atoms in total. The minimum atomic E-state index is 0.304. The van der Waals surface area contributed by atoms with Crippen LogP contribution in [0.1, 0.15) is 42.8 Å². The molecule has 1 aromatic rings. The van der Waals surface area contributed by atoms with E-state index in [-0.39, 0.29) is 0 Å². The van der Waals surface area contributed by atoms with Crippen molar-refractivity contribution in [3.05, 3.63) is 17.0 Å². The van der Waals surface area contributed by atoms with Gasteiger partial charge in [-0.05, 0) is 52.1 Å². The van der Waals surface area contributed by atoms with Crippen LogP contribution in [0.3, 0.4) is 0 Å². The van der Waals surface area contributed by atoms with Gasteiger partial charge in [-0.3, -0.25) is 4.68 Å². The van der Waals surface area contributed by atoms with Crippen LogP contribution < -0.4 is 5.32 Å². The van der Waals surface area contributed by atoms with E-state index in [1.54, 1.807) is 7.11 Å². The summed E-state index contributed by atoms with van der Waals surface area (Å²) >= 11 is 0. The Kier molecular flexibility index (Phi) is 4.40. The fourth-order valence-corrected chi connectivity index (χ4v) is 2.49. The van der Waals surface area contributed by atoms with Gasteiger partial charge in [-0.1, -0.05) is 0 Å². The van der Waals surface area contributed by atoms with Crippen LogP contribution in [0.25, 0.3) is 0 Å². The Labute approximate surface area is 110 Å². The first-order valence-corrected chi connectivity index (χ1v) is 6.90.